The summed E-state index contributed by atoms with van der Waals surface area (Å²) in [4.78, 5) is 6.54. The lowest BCUT2D eigenvalue weighted by molar-refractivity contribution is -0.306. The zero-order valence-corrected chi connectivity index (χ0v) is 13.3. The Balaban J connectivity index is 1.83. The standard InChI is InChI=1S/C18H27NO/c1-17(2)12-7-13-18(3,4)19(17)20-16-11-10-14-8-5-6-9-15(14)16/h5-6,8-9,16H,7,10-13H2,1-4H3. The van der Waals surface area contributed by atoms with Crippen molar-refractivity contribution in [2.75, 3.05) is 0 Å². The largest absolute Gasteiger partial charge is 0.290 e. The van der Waals surface area contributed by atoms with E-state index in [0.717, 1.165) is 12.8 Å². The van der Waals surface area contributed by atoms with Gasteiger partial charge in [-0.05, 0) is 70.9 Å². The third-order valence-electron chi connectivity index (χ3n) is 4.99. The summed E-state index contributed by atoms with van der Waals surface area (Å²) >= 11 is 0. The molecule has 0 N–H and O–H groups in total. The molecule has 1 aliphatic heterocycles. The van der Waals surface area contributed by atoms with Gasteiger partial charge in [0.1, 0.15) is 6.10 Å². The second-order valence-corrected chi connectivity index (χ2v) is 7.60. The van der Waals surface area contributed by atoms with E-state index >= 15 is 0 Å². The van der Waals surface area contributed by atoms with Crippen LogP contribution in [-0.4, -0.2) is 16.1 Å². The van der Waals surface area contributed by atoms with Crippen LogP contribution in [0.15, 0.2) is 24.3 Å². The zero-order chi connectivity index (χ0) is 14.4. The Kier molecular flexibility index (Phi) is 3.42. The lowest BCUT2D eigenvalue weighted by atomic mass is 9.82. The van der Waals surface area contributed by atoms with Crippen LogP contribution in [0.3, 0.4) is 0 Å². The minimum atomic E-state index is 0.124. The highest BCUT2D eigenvalue weighted by Crippen LogP contribution is 2.43. The first-order valence-corrected chi connectivity index (χ1v) is 7.95. The third-order valence-corrected chi connectivity index (χ3v) is 4.99. The molecule has 0 spiro atoms. The van der Waals surface area contributed by atoms with Crippen LogP contribution in [0.4, 0.5) is 0 Å². The molecule has 1 unspecified atom stereocenters. The van der Waals surface area contributed by atoms with Gasteiger partial charge in [-0.1, -0.05) is 24.3 Å². The number of hydrogen-bond acceptors (Lipinski definition) is 2. The number of aryl methyl sites for hydroxylation is 1. The number of nitrogens with zero attached hydrogens (tertiary/aromatic N) is 1. The van der Waals surface area contributed by atoms with E-state index in [0.29, 0.717) is 0 Å². The van der Waals surface area contributed by atoms with Crippen LogP contribution < -0.4 is 0 Å². The number of piperidine rings is 1. The van der Waals surface area contributed by atoms with E-state index in [2.05, 4.69) is 57.0 Å². The Morgan fingerprint density at radius 1 is 1.05 bits per heavy atom. The molecule has 0 aromatic heterocycles. The third kappa shape index (κ3) is 2.40. The number of benzene rings is 1. The lowest BCUT2D eigenvalue weighted by Crippen LogP contribution is -2.58. The molecule has 1 saturated heterocycles. The van der Waals surface area contributed by atoms with Gasteiger partial charge in [-0.25, -0.2) is 0 Å². The van der Waals surface area contributed by atoms with Crippen molar-refractivity contribution in [1.82, 2.24) is 5.06 Å². The molecule has 2 heteroatoms. The molecule has 1 fully saturated rings. The van der Waals surface area contributed by atoms with Crippen molar-refractivity contribution in [3.8, 4) is 0 Å². The fourth-order valence-corrected chi connectivity index (χ4v) is 4.02. The van der Waals surface area contributed by atoms with Gasteiger partial charge in [0.25, 0.3) is 0 Å². The first-order chi connectivity index (χ1) is 9.40. The topological polar surface area (TPSA) is 12.5 Å². The normalized spacial score (nSPS) is 28.3. The molecule has 1 atom stereocenters. The Morgan fingerprint density at radius 2 is 1.70 bits per heavy atom. The van der Waals surface area contributed by atoms with Crippen molar-refractivity contribution in [2.24, 2.45) is 0 Å². The fraction of sp³-hybridized carbons (Fsp3) is 0.667. The molecule has 3 rings (SSSR count). The minimum Gasteiger partial charge on any atom is -0.290 e. The Hall–Kier alpha value is -0.860. The van der Waals surface area contributed by atoms with Gasteiger partial charge in [0.05, 0.1) is 0 Å². The van der Waals surface area contributed by atoms with E-state index in [4.69, 9.17) is 4.84 Å². The van der Waals surface area contributed by atoms with Gasteiger partial charge in [-0.3, -0.25) is 4.84 Å². The molecule has 0 bridgehead atoms. The molecule has 2 aliphatic rings. The first-order valence-electron chi connectivity index (χ1n) is 7.95. The maximum absolute atomic E-state index is 6.54. The average molecular weight is 273 g/mol. The van der Waals surface area contributed by atoms with Gasteiger partial charge in [0.15, 0.2) is 0 Å². The quantitative estimate of drug-likeness (QED) is 0.777. The summed E-state index contributed by atoms with van der Waals surface area (Å²) in [5, 5.41) is 2.30. The summed E-state index contributed by atoms with van der Waals surface area (Å²) in [6, 6.07) is 8.74. The molecule has 0 amide bonds. The molecule has 2 nitrogen and oxygen atoms in total. The van der Waals surface area contributed by atoms with Crippen molar-refractivity contribution in [3.63, 3.8) is 0 Å². The number of fused-ring (bicyclic) bond motifs is 1. The van der Waals surface area contributed by atoms with Crippen LogP contribution in [0.2, 0.25) is 0 Å². The molecule has 20 heavy (non-hydrogen) atoms. The molecule has 1 aromatic rings. The van der Waals surface area contributed by atoms with E-state index in [1.54, 1.807) is 0 Å². The van der Waals surface area contributed by atoms with Crippen LogP contribution in [0.1, 0.15) is 70.6 Å². The van der Waals surface area contributed by atoms with E-state index in [1.165, 1.54) is 30.4 Å². The van der Waals surface area contributed by atoms with Crippen LogP contribution in [-0.2, 0) is 11.3 Å². The monoisotopic (exact) mass is 273 g/mol. The van der Waals surface area contributed by atoms with E-state index in [9.17, 15) is 0 Å². The van der Waals surface area contributed by atoms with Gasteiger partial charge < -0.3 is 0 Å². The molecule has 0 saturated carbocycles. The van der Waals surface area contributed by atoms with Gasteiger partial charge >= 0.3 is 0 Å². The summed E-state index contributed by atoms with van der Waals surface area (Å²) < 4.78 is 0. The number of rotatable bonds is 2. The SMILES string of the molecule is CC1(C)CCCC(C)(C)N1OC1CCc2ccccc21. The van der Waals surface area contributed by atoms with Gasteiger partial charge in [-0.2, -0.15) is 5.06 Å². The van der Waals surface area contributed by atoms with Gasteiger partial charge in [-0.15, -0.1) is 0 Å². The summed E-state index contributed by atoms with van der Waals surface area (Å²) in [7, 11) is 0. The highest BCUT2D eigenvalue weighted by atomic mass is 16.7. The number of hydrogen-bond donors (Lipinski definition) is 0. The van der Waals surface area contributed by atoms with Crippen molar-refractivity contribution >= 4 is 0 Å². The highest BCUT2D eigenvalue weighted by Gasteiger charge is 2.44. The molecule has 1 heterocycles. The Morgan fingerprint density at radius 3 is 2.40 bits per heavy atom. The fourth-order valence-electron chi connectivity index (χ4n) is 4.02. The Bertz CT molecular complexity index is 476. The summed E-state index contributed by atoms with van der Waals surface area (Å²) in [5.74, 6) is 0. The smallest absolute Gasteiger partial charge is 0.105 e. The molecule has 0 radical (unpaired) electrons. The van der Waals surface area contributed by atoms with Crippen LogP contribution >= 0.6 is 0 Å². The second-order valence-electron chi connectivity index (χ2n) is 7.60. The van der Waals surface area contributed by atoms with E-state index < -0.39 is 0 Å². The predicted molar refractivity (Wildman–Crippen MR) is 82.4 cm³/mol. The number of hydroxylamine groups is 2. The van der Waals surface area contributed by atoms with Crippen molar-refractivity contribution in [2.45, 2.75) is 77.0 Å². The van der Waals surface area contributed by atoms with Gasteiger partial charge in [0.2, 0.25) is 0 Å². The van der Waals surface area contributed by atoms with Crippen LogP contribution in [0, 0.1) is 0 Å². The maximum atomic E-state index is 6.54. The molecular formula is C18H27NO. The molecule has 110 valence electrons. The minimum absolute atomic E-state index is 0.124. The Labute approximate surface area is 123 Å². The van der Waals surface area contributed by atoms with Crippen LogP contribution in [0.5, 0.6) is 0 Å². The van der Waals surface area contributed by atoms with Crippen molar-refractivity contribution in [1.29, 1.82) is 0 Å². The van der Waals surface area contributed by atoms with Crippen LogP contribution in [0.25, 0.3) is 0 Å². The molecular weight excluding hydrogens is 246 g/mol. The summed E-state index contributed by atoms with van der Waals surface area (Å²) in [6.45, 7) is 9.26. The highest BCUT2D eigenvalue weighted by molar-refractivity contribution is 5.33. The lowest BCUT2D eigenvalue weighted by Gasteiger charge is -2.52. The average Bonchev–Trinajstić information content (AvgIpc) is 2.77. The molecule has 1 aromatic carbocycles. The second kappa shape index (κ2) is 4.85. The summed E-state index contributed by atoms with van der Waals surface area (Å²) in [5.41, 5.74) is 3.10. The van der Waals surface area contributed by atoms with Crippen molar-refractivity contribution < 1.29 is 4.84 Å². The first kappa shape index (κ1) is 14.1. The molecule has 1 aliphatic carbocycles. The predicted octanol–water partition coefficient (Wildman–Crippen LogP) is 4.65. The van der Waals surface area contributed by atoms with E-state index in [-0.39, 0.29) is 17.2 Å². The van der Waals surface area contributed by atoms with Gasteiger partial charge in [0, 0.05) is 11.1 Å². The summed E-state index contributed by atoms with van der Waals surface area (Å²) in [6.07, 6.45) is 6.22. The maximum Gasteiger partial charge on any atom is 0.105 e. The van der Waals surface area contributed by atoms with E-state index in [1.807, 2.05) is 0 Å². The van der Waals surface area contributed by atoms with Crippen molar-refractivity contribution in [3.05, 3.63) is 35.4 Å². The zero-order valence-electron chi connectivity index (χ0n) is 13.3.